The summed E-state index contributed by atoms with van der Waals surface area (Å²) in [6.07, 6.45) is 1.47. The van der Waals surface area contributed by atoms with Crippen molar-refractivity contribution in [3.05, 3.63) is 69.2 Å². The van der Waals surface area contributed by atoms with Crippen LogP contribution in [0.3, 0.4) is 0 Å². The first-order valence-electron chi connectivity index (χ1n) is 10.6. The summed E-state index contributed by atoms with van der Waals surface area (Å²) in [5.41, 5.74) is 3.80. The van der Waals surface area contributed by atoms with Gasteiger partial charge in [-0.25, -0.2) is 0 Å². The Morgan fingerprint density at radius 2 is 1.90 bits per heavy atom. The van der Waals surface area contributed by atoms with Crippen LogP contribution in [-0.2, 0) is 29.7 Å². The lowest BCUT2D eigenvalue weighted by Gasteiger charge is -2.27. The molecule has 0 bridgehead atoms. The van der Waals surface area contributed by atoms with Crippen LogP contribution in [-0.4, -0.2) is 28.8 Å². The Hall–Kier alpha value is -1.88. The van der Waals surface area contributed by atoms with Gasteiger partial charge in [0.2, 0.25) is 5.91 Å². The smallest absolute Gasteiger partial charge is 0.224 e. The molecule has 2 aromatic carbocycles. The molecule has 0 spiro atoms. The molecule has 1 unspecified atom stereocenters. The molecule has 4 nitrogen and oxygen atoms in total. The summed E-state index contributed by atoms with van der Waals surface area (Å²) in [5.74, 6) is 0.0731. The predicted octanol–water partition coefficient (Wildman–Crippen LogP) is 4.52. The number of carbonyl (C=O) groups is 1. The number of aliphatic hydroxyl groups excluding tert-OH is 1. The van der Waals surface area contributed by atoms with E-state index >= 15 is 0 Å². The molecule has 0 radical (unpaired) electrons. The lowest BCUT2D eigenvalue weighted by molar-refractivity contribution is -0.121. The fourth-order valence-corrected chi connectivity index (χ4v) is 3.97. The van der Waals surface area contributed by atoms with Gasteiger partial charge in [0.25, 0.3) is 0 Å². The van der Waals surface area contributed by atoms with E-state index in [1.807, 2.05) is 36.4 Å². The van der Waals surface area contributed by atoms with Crippen LogP contribution in [0.25, 0.3) is 0 Å². The molecule has 0 aliphatic rings. The van der Waals surface area contributed by atoms with Crippen molar-refractivity contribution >= 4 is 17.5 Å². The highest BCUT2D eigenvalue weighted by Gasteiger charge is 2.25. The van der Waals surface area contributed by atoms with Gasteiger partial charge in [0, 0.05) is 5.02 Å². The number of nitrogens with one attached hydrogen (secondary N) is 1. The third kappa shape index (κ3) is 6.31. The molecule has 1 amide bonds. The number of hydrogen-bond donors (Lipinski definition) is 3. The molecular formula is C25H34ClNO3. The molecule has 0 heterocycles. The number of rotatable bonds is 9. The molecule has 0 saturated heterocycles. The van der Waals surface area contributed by atoms with Crippen LogP contribution in [0.4, 0.5) is 0 Å². The van der Waals surface area contributed by atoms with Crippen molar-refractivity contribution in [2.24, 2.45) is 0 Å². The van der Waals surface area contributed by atoms with E-state index in [9.17, 15) is 15.0 Å². The third-order valence-electron chi connectivity index (χ3n) is 5.40. The minimum Gasteiger partial charge on any atom is -0.394 e. The normalized spacial score (nSPS) is 12.8. The average molecular weight is 432 g/mol. The van der Waals surface area contributed by atoms with E-state index in [4.69, 9.17) is 11.6 Å². The SMILES string of the molecule is CCc1ccc(Cl)c(CC(=O)NC(CO)Cc2c(C(C)C)cccc2C(C)(C)O)c1. The maximum atomic E-state index is 12.7. The number of halogens is 1. The fraction of sp³-hybridized carbons (Fsp3) is 0.480. The Morgan fingerprint density at radius 1 is 1.20 bits per heavy atom. The maximum Gasteiger partial charge on any atom is 0.224 e. The molecule has 0 aromatic heterocycles. The van der Waals surface area contributed by atoms with E-state index in [-0.39, 0.29) is 24.9 Å². The highest BCUT2D eigenvalue weighted by atomic mass is 35.5. The standard InChI is InChI=1S/C25H34ClNO3/c1-6-17-10-11-23(26)18(12-17)13-24(29)27-19(15-28)14-21-20(16(2)3)8-7-9-22(21)25(4,5)30/h7-12,16,19,28,30H,6,13-15H2,1-5H3,(H,27,29). The molecule has 2 rings (SSSR count). The second kappa shape index (κ2) is 10.4. The average Bonchev–Trinajstić information content (AvgIpc) is 2.68. The lowest BCUT2D eigenvalue weighted by Crippen LogP contribution is -2.40. The summed E-state index contributed by atoms with van der Waals surface area (Å²) < 4.78 is 0. The molecule has 0 saturated carbocycles. The largest absolute Gasteiger partial charge is 0.394 e. The number of benzene rings is 2. The molecule has 164 valence electrons. The quantitative estimate of drug-likeness (QED) is 0.546. The maximum absolute atomic E-state index is 12.7. The predicted molar refractivity (Wildman–Crippen MR) is 123 cm³/mol. The summed E-state index contributed by atoms with van der Waals surface area (Å²) in [4.78, 5) is 12.7. The molecule has 3 N–H and O–H groups in total. The topological polar surface area (TPSA) is 69.6 Å². The van der Waals surface area contributed by atoms with Crippen molar-refractivity contribution in [3.8, 4) is 0 Å². The van der Waals surface area contributed by atoms with Crippen molar-refractivity contribution in [2.45, 2.75) is 71.4 Å². The van der Waals surface area contributed by atoms with Gasteiger partial charge in [-0.15, -0.1) is 0 Å². The van der Waals surface area contributed by atoms with Gasteiger partial charge < -0.3 is 15.5 Å². The van der Waals surface area contributed by atoms with Crippen LogP contribution in [0.1, 0.15) is 68.4 Å². The van der Waals surface area contributed by atoms with Crippen LogP contribution in [0.2, 0.25) is 5.02 Å². The second-order valence-electron chi connectivity index (χ2n) is 8.69. The molecule has 2 aromatic rings. The van der Waals surface area contributed by atoms with Gasteiger partial charge in [0.15, 0.2) is 0 Å². The number of aryl methyl sites for hydroxylation is 1. The van der Waals surface area contributed by atoms with Crippen molar-refractivity contribution in [1.82, 2.24) is 5.32 Å². The zero-order valence-corrected chi connectivity index (χ0v) is 19.4. The van der Waals surface area contributed by atoms with Crippen LogP contribution in [0.5, 0.6) is 0 Å². The number of aliphatic hydroxyl groups is 2. The second-order valence-corrected chi connectivity index (χ2v) is 9.10. The summed E-state index contributed by atoms with van der Waals surface area (Å²) in [5, 5.41) is 24.1. The van der Waals surface area contributed by atoms with Gasteiger partial charge in [0.1, 0.15) is 0 Å². The summed E-state index contributed by atoms with van der Waals surface area (Å²) in [6.45, 7) is 9.58. The zero-order valence-electron chi connectivity index (χ0n) is 18.6. The Bertz CT molecular complexity index is 871. The van der Waals surface area contributed by atoms with Gasteiger partial charge in [-0.2, -0.15) is 0 Å². The van der Waals surface area contributed by atoms with Crippen molar-refractivity contribution in [1.29, 1.82) is 0 Å². The molecular weight excluding hydrogens is 398 g/mol. The van der Waals surface area contributed by atoms with Crippen LogP contribution in [0.15, 0.2) is 36.4 Å². The van der Waals surface area contributed by atoms with E-state index in [2.05, 4.69) is 26.1 Å². The first kappa shape index (κ1) is 24.4. The Labute approximate surface area is 185 Å². The number of carbonyl (C=O) groups excluding carboxylic acids is 1. The first-order valence-corrected chi connectivity index (χ1v) is 11.0. The van der Waals surface area contributed by atoms with Gasteiger partial charge >= 0.3 is 0 Å². The molecule has 1 atom stereocenters. The fourth-order valence-electron chi connectivity index (χ4n) is 3.79. The molecule has 5 heteroatoms. The van der Waals surface area contributed by atoms with Gasteiger partial charge in [-0.3, -0.25) is 4.79 Å². The monoisotopic (exact) mass is 431 g/mol. The van der Waals surface area contributed by atoms with E-state index in [0.29, 0.717) is 11.4 Å². The highest BCUT2D eigenvalue weighted by molar-refractivity contribution is 6.31. The zero-order chi connectivity index (χ0) is 22.5. The Morgan fingerprint density at radius 3 is 2.47 bits per heavy atom. The van der Waals surface area contributed by atoms with Gasteiger partial charge in [-0.05, 0) is 66.5 Å². The number of hydrogen-bond acceptors (Lipinski definition) is 3. The Balaban J connectivity index is 2.23. The van der Waals surface area contributed by atoms with Crippen LogP contribution >= 0.6 is 11.6 Å². The molecule has 0 aliphatic carbocycles. The summed E-state index contributed by atoms with van der Waals surface area (Å²) >= 11 is 6.27. The third-order valence-corrected chi connectivity index (χ3v) is 5.77. The van der Waals surface area contributed by atoms with E-state index in [1.54, 1.807) is 13.8 Å². The minimum atomic E-state index is -1.02. The summed E-state index contributed by atoms with van der Waals surface area (Å²) in [6, 6.07) is 11.2. The first-order chi connectivity index (χ1) is 14.1. The Kier molecular flexibility index (Phi) is 8.48. The minimum absolute atomic E-state index is 0.160. The van der Waals surface area contributed by atoms with E-state index < -0.39 is 11.6 Å². The van der Waals surface area contributed by atoms with E-state index in [0.717, 1.165) is 34.2 Å². The van der Waals surface area contributed by atoms with Crippen molar-refractivity contribution in [3.63, 3.8) is 0 Å². The van der Waals surface area contributed by atoms with Gasteiger partial charge in [0.05, 0.1) is 24.7 Å². The summed E-state index contributed by atoms with van der Waals surface area (Å²) in [7, 11) is 0. The van der Waals surface area contributed by atoms with Crippen molar-refractivity contribution < 1.29 is 15.0 Å². The van der Waals surface area contributed by atoms with Crippen LogP contribution in [0, 0.1) is 0 Å². The van der Waals surface area contributed by atoms with Crippen molar-refractivity contribution in [2.75, 3.05) is 6.61 Å². The number of amides is 1. The van der Waals surface area contributed by atoms with Gasteiger partial charge in [-0.1, -0.05) is 62.7 Å². The molecule has 0 aliphatic heterocycles. The lowest BCUT2D eigenvalue weighted by atomic mass is 9.84. The molecule has 30 heavy (non-hydrogen) atoms. The molecule has 0 fully saturated rings. The highest BCUT2D eigenvalue weighted by Crippen LogP contribution is 2.31. The van der Waals surface area contributed by atoms with E-state index in [1.165, 1.54) is 0 Å². The van der Waals surface area contributed by atoms with Crippen LogP contribution < -0.4 is 5.32 Å².